The summed E-state index contributed by atoms with van der Waals surface area (Å²) >= 11 is 20.1. The zero-order valence-corrected chi connectivity index (χ0v) is 35.7. The van der Waals surface area contributed by atoms with Gasteiger partial charge in [-0.25, -0.2) is 4.68 Å². The third-order valence-electron chi connectivity index (χ3n) is 9.32. The molecule has 308 valence electrons. The number of ether oxygens (including phenoxy) is 1. The third kappa shape index (κ3) is 12.2. The fourth-order valence-corrected chi connectivity index (χ4v) is 7.43. The van der Waals surface area contributed by atoms with Crippen LogP contribution in [0.4, 0.5) is 0 Å². The summed E-state index contributed by atoms with van der Waals surface area (Å²) < 4.78 is 8.65. The summed E-state index contributed by atoms with van der Waals surface area (Å²) in [5, 5.41) is 23.8. The van der Waals surface area contributed by atoms with Crippen LogP contribution in [0.2, 0.25) is 15.1 Å². The fourth-order valence-electron chi connectivity index (χ4n) is 5.99. The Bertz CT molecular complexity index is 2090. The maximum absolute atomic E-state index is 13.9. The van der Waals surface area contributed by atoms with E-state index in [4.69, 9.17) is 50.5 Å². The highest BCUT2D eigenvalue weighted by molar-refractivity contribution is 7.97. The van der Waals surface area contributed by atoms with E-state index in [9.17, 15) is 19.2 Å². The van der Waals surface area contributed by atoms with Crippen molar-refractivity contribution in [1.29, 1.82) is 5.26 Å². The van der Waals surface area contributed by atoms with Gasteiger partial charge < -0.3 is 26.4 Å². The molecule has 0 bridgehead atoms. The molecule has 4 rings (SSSR count). The average molecular weight is 870 g/mol. The molecule has 0 aliphatic heterocycles. The highest BCUT2D eigenvalue weighted by atomic mass is 35.5. The number of nitrogens with zero attached hydrogens (tertiary/aromatic N) is 4. The van der Waals surface area contributed by atoms with E-state index >= 15 is 0 Å². The minimum absolute atomic E-state index is 0.0602. The molecule has 0 aliphatic carbocycles. The van der Waals surface area contributed by atoms with Crippen LogP contribution in [0.15, 0.2) is 71.6 Å². The second-order valence-electron chi connectivity index (χ2n) is 13.2. The lowest BCUT2D eigenvalue weighted by molar-refractivity contribution is -0.128. The van der Waals surface area contributed by atoms with Gasteiger partial charge in [0.2, 0.25) is 11.8 Å². The van der Waals surface area contributed by atoms with E-state index in [1.165, 1.54) is 4.31 Å². The molecule has 13 nitrogen and oxygen atoms in total. The van der Waals surface area contributed by atoms with Gasteiger partial charge in [0.25, 0.3) is 11.8 Å². The van der Waals surface area contributed by atoms with Gasteiger partial charge in [-0.15, -0.1) is 0 Å². The molecule has 58 heavy (non-hydrogen) atoms. The quantitative estimate of drug-likeness (QED) is 0.0384. The minimum atomic E-state index is -1.23. The average Bonchev–Trinajstić information content (AvgIpc) is 3.56. The van der Waals surface area contributed by atoms with Crippen molar-refractivity contribution < 1.29 is 23.9 Å². The van der Waals surface area contributed by atoms with Crippen molar-refractivity contribution in [3.8, 4) is 23.0 Å². The van der Waals surface area contributed by atoms with Crippen LogP contribution in [0.25, 0.3) is 16.9 Å². The number of nitriles is 1. The molecule has 1 heterocycles. The van der Waals surface area contributed by atoms with E-state index in [1.807, 2.05) is 32.0 Å². The van der Waals surface area contributed by atoms with E-state index in [0.717, 1.165) is 23.9 Å². The van der Waals surface area contributed by atoms with Crippen LogP contribution in [0.3, 0.4) is 0 Å². The number of carbonyl (C=O) groups is 4. The third-order valence-corrected chi connectivity index (χ3v) is 11.1. The van der Waals surface area contributed by atoms with Crippen molar-refractivity contribution in [3.05, 3.63) is 98.6 Å². The molecular formula is C41H47Cl3N8O5S. The standard InChI is InChI=1S/C41H47Cl3N8O5S/c1-4-41(5-2,49-39(55)36-27(3)37(28-9-13-30(42)14-10-28)52(50-36)34-18-15-31(43)26-33(34)44)40(56)48-22-25-57-24-21-47-38(54)29-11-16-32(17-12-29)58-51(23-20-46)35(53)8-6-7-19-45/h9-18,26H,4-8,19,21-25,45H2,1-3H3,(H,47,54)(H,48,56)(H,49,55). The maximum atomic E-state index is 13.9. The Kier molecular flexibility index (Phi) is 17.9. The van der Waals surface area contributed by atoms with Crippen LogP contribution >= 0.6 is 46.8 Å². The van der Waals surface area contributed by atoms with Gasteiger partial charge in [0, 0.05) is 51.1 Å². The highest BCUT2D eigenvalue weighted by Crippen LogP contribution is 2.34. The van der Waals surface area contributed by atoms with Crippen molar-refractivity contribution in [3.63, 3.8) is 0 Å². The molecule has 4 amide bonds. The van der Waals surface area contributed by atoms with Crippen LogP contribution in [-0.4, -0.2) is 82.6 Å². The number of halogens is 3. The minimum Gasteiger partial charge on any atom is -0.378 e. The smallest absolute Gasteiger partial charge is 0.272 e. The molecule has 0 saturated carbocycles. The van der Waals surface area contributed by atoms with Crippen LogP contribution in [0.5, 0.6) is 0 Å². The molecule has 0 radical (unpaired) electrons. The van der Waals surface area contributed by atoms with Crippen LogP contribution in [0.1, 0.15) is 72.4 Å². The molecule has 5 N–H and O–H groups in total. The number of rotatable bonds is 21. The number of benzene rings is 3. The lowest BCUT2D eigenvalue weighted by Gasteiger charge is -2.31. The largest absolute Gasteiger partial charge is 0.378 e. The van der Waals surface area contributed by atoms with Crippen LogP contribution < -0.4 is 21.7 Å². The summed E-state index contributed by atoms with van der Waals surface area (Å²) in [6.45, 7) is 6.64. The lowest BCUT2D eigenvalue weighted by Crippen LogP contribution is -2.58. The molecule has 0 fully saturated rings. The van der Waals surface area contributed by atoms with Crippen molar-refractivity contribution in [2.75, 3.05) is 39.4 Å². The van der Waals surface area contributed by atoms with E-state index < -0.39 is 11.4 Å². The first kappa shape index (κ1) is 46.1. The fraction of sp³-hybridized carbons (Fsp3) is 0.366. The van der Waals surface area contributed by atoms with Crippen LogP contribution in [-0.2, 0) is 14.3 Å². The number of hydrogen-bond acceptors (Lipinski definition) is 9. The monoisotopic (exact) mass is 868 g/mol. The summed E-state index contributed by atoms with van der Waals surface area (Å²) in [4.78, 5) is 53.5. The normalized spacial score (nSPS) is 11.1. The summed E-state index contributed by atoms with van der Waals surface area (Å²) in [5.74, 6) is -1.35. The number of carbonyl (C=O) groups excluding carboxylic acids is 4. The molecule has 4 aromatic rings. The molecule has 3 aromatic carbocycles. The van der Waals surface area contributed by atoms with Crippen molar-refractivity contribution >= 4 is 70.4 Å². The van der Waals surface area contributed by atoms with E-state index in [2.05, 4.69) is 21.0 Å². The second kappa shape index (κ2) is 22.5. The molecule has 0 unspecified atom stereocenters. The predicted molar refractivity (Wildman–Crippen MR) is 228 cm³/mol. The summed E-state index contributed by atoms with van der Waals surface area (Å²) in [7, 11) is 0. The lowest BCUT2D eigenvalue weighted by atomic mass is 9.91. The van der Waals surface area contributed by atoms with Gasteiger partial charge in [0.1, 0.15) is 12.1 Å². The van der Waals surface area contributed by atoms with Gasteiger partial charge in [0.05, 0.1) is 35.7 Å². The Hall–Kier alpha value is -4.62. The number of hydrogen-bond donors (Lipinski definition) is 4. The maximum Gasteiger partial charge on any atom is 0.272 e. The number of unbranched alkanes of at least 4 members (excludes halogenated alkanes) is 1. The topological polar surface area (TPSA) is 184 Å². The SMILES string of the molecule is CCC(CC)(NC(=O)c1nn(-c2ccc(Cl)cc2Cl)c(-c2ccc(Cl)cc2)c1C)C(=O)NCCOCCNC(=O)c1ccc(SN(CC#N)C(=O)CCCCN)cc1. The zero-order chi connectivity index (χ0) is 42.2. The Morgan fingerprint density at radius 3 is 2.19 bits per heavy atom. The summed E-state index contributed by atoms with van der Waals surface area (Å²) in [5.41, 5.74) is 7.29. The van der Waals surface area contributed by atoms with Crippen molar-refractivity contribution in [1.82, 2.24) is 30.0 Å². The van der Waals surface area contributed by atoms with Crippen molar-refractivity contribution in [2.45, 2.75) is 63.3 Å². The number of amides is 4. The Morgan fingerprint density at radius 1 is 0.914 bits per heavy atom. The Labute approximate surface area is 358 Å². The van der Waals surface area contributed by atoms with Gasteiger partial charge >= 0.3 is 0 Å². The number of aromatic nitrogens is 2. The second-order valence-corrected chi connectivity index (χ2v) is 15.5. The molecular weight excluding hydrogens is 823 g/mol. The number of nitrogens with two attached hydrogens (primary N) is 1. The molecule has 0 saturated heterocycles. The molecule has 0 atom stereocenters. The molecule has 0 spiro atoms. The molecule has 1 aromatic heterocycles. The first-order valence-corrected chi connectivity index (χ1v) is 20.7. The summed E-state index contributed by atoms with van der Waals surface area (Å²) in [6, 6.07) is 20.9. The predicted octanol–water partition coefficient (Wildman–Crippen LogP) is 7.15. The van der Waals surface area contributed by atoms with Gasteiger partial charge in [-0.1, -0.05) is 60.8 Å². The van der Waals surface area contributed by atoms with Gasteiger partial charge in [-0.05, 0) is 106 Å². The van der Waals surface area contributed by atoms with E-state index in [0.29, 0.717) is 74.7 Å². The molecule has 17 heteroatoms. The van der Waals surface area contributed by atoms with Gasteiger partial charge in [-0.3, -0.25) is 23.5 Å². The zero-order valence-electron chi connectivity index (χ0n) is 32.6. The Balaban J connectivity index is 1.29. The van der Waals surface area contributed by atoms with Crippen molar-refractivity contribution in [2.24, 2.45) is 5.73 Å². The van der Waals surface area contributed by atoms with Crippen LogP contribution in [0, 0.1) is 18.3 Å². The summed E-state index contributed by atoms with van der Waals surface area (Å²) in [6.07, 6.45) is 2.31. The first-order chi connectivity index (χ1) is 27.9. The van der Waals surface area contributed by atoms with Gasteiger partial charge in [0.15, 0.2) is 5.69 Å². The highest BCUT2D eigenvalue weighted by Gasteiger charge is 2.38. The van der Waals surface area contributed by atoms with E-state index in [-0.39, 0.29) is 56.3 Å². The van der Waals surface area contributed by atoms with E-state index in [1.54, 1.807) is 66.2 Å². The number of nitrogens with one attached hydrogen (secondary N) is 3. The molecule has 0 aliphatic rings. The Morgan fingerprint density at radius 2 is 1.57 bits per heavy atom. The first-order valence-electron chi connectivity index (χ1n) is 18.8. The van der Waals surface area contributed by atoms with Gasteiger partial charge in [-0.2, -0.15) is 10.4 Å².